The van der Waals surface area contributed by atoms with Crippen molar-refractivity contribution in [2.75, 3.05) is 23.9 Å². The normalized spacial score (nSPS) is 13.5. The predicted octanol–water partition coefficient (Wildman–Crippen LogP) is 4.38. The van der Waals surface area contributed by atoms with Crippen LogP contribution >= 0.6 is 15.9 Å². The maximum absolute atomic E-state index is 12.5. The number of ether oxygens (including phenoxy) is 2. The summed E-state index contributed by atoms with van der Waals surface area (Å²) in [5.74, 6) is 0.688. The summed E-state index contributed by atoms with van der Waals surface area (Å²) < 4.78 is 11.2. The van der Waals surface area contributed by atoms with E-state index >= 15 is 0 Å². The van der Waals surface area contributed by atoms with Crippen LogP contribution in [0.25, 0.3) is 0 Å². The van der Waals surface area contributed by atoms with Crippen LogP contribution < -0.4 is 10.1 Å². The number of amides is 1. The van der Waals surface area contributed by atoms with E-state index in [9.17, 15) is 4.79 Å². The first-order valence-corrected chi connectivity index (χ1v) is 8.92. The average molecular weight is 372 g/mol. The maximum atomic E-state index is 12.5. The van der Waals surface area contributed by atoms with Gasteiger partial charge in [0.1, 0.15) is 11.4 Å². The van der Waals surface area contributed by atoms with Crippen molar-refractivity contribution in [3.8, 4) is 5.75 Å². The van der Waals surface area contributed by atoms with Crippen molar-refractivity contribution in [3.05, 3.63) is 24.3 Å². The summed E-state index contributed by atoms with van der Waals surface area (Å²) in [7, 11) is 0. The van der Waals surface area contributed by atoms with Crippen LogP contribution in [0.1, 0.15) is 40.0 Å². The third kappa shape index (κ3) is 5.97. The Morgan fingerprint density at radius 3 is 2.50 bits per heavy atom. The maximum Gasteiger partial charge on any atom is 0.256 e. The van der Waals surface area contributed by atoms with Gasteiger partial charge in [-0.1, -0.05) is 35.7 Å². The molecule has 0 radical (unpaired) electrons. The Kier molecular flexibility index (Phi) is 8.49. The Hall–Kier alpha value is -1.07. The number of benzene rings is 1. The van der Waals surface area contributed by atoms with Crippen LogP contribution in [-0.2, 0) is 9.53 Å². The van der Waals surface area contributed by atoms with Gasteiger partial charge in [-0.15, -0.1) is 0 Å². The number of anilines is 1. The van der Waals surface area contributed by atoms with E-state index in [0.29, 0.717) is 13.2 Å². The number of alkyl halides is 1. The largest absolute Gasteiger partial charge is 0.493 e. The summed E-state index contributed by atoms with van der Waals surface area (Å²) in [5, 5.41) is 3.72. The SMILES string of the molecule is CCCCC(C)(OCC)C(=O)Nc1ccc(OCCBr)cc1. The first-order valence-electron chi connectivity index (χ1n) is 7.80. The second-order valence-corrected chi connectivity index (χ2v) is 6.08. The molecule has 0 aliphatic heterocycles. The number of unbranched alkanes of at least 4 members (excludes halogenated alkanes) is 1. The highest BCUT2D eigenvalue weighted by Crippen LogP contribution is 2.23. The van der Waals surface area contributed by atoms with Gasteiger partial charge < -0.3 is 14.8 Å². The first kappa shape index (κ1) is 19.0. The van der Waals surface area contributed by atoms with Crippen molar-refractivity contribution in [1.29, 1.82) is 0 Å². The summed E-state index contributed by atoms with van der Waals surface area (Å²) in [4.78, 5) is 12.5. The minimum Gasteiger partial charge on any atom is -0.493 e. The molecule has 1 unspecified atom stereocenters. The number of carbonyl (C=O) groups is 1. The van der Waals surface area contributed by atoms with Gasteiger partial charge >= 0.3 is 0 Å². The number of rotatable bonds is 10. The molecular formula is C17H26BrNO3. The van der Waals surface area contributed by atoms with Crippen molar-refractivity contribution in [2.24, 2.45) is 0 Å². The number of halogens is 1. The third-order valence-electron chi connectivity index (χ3n) is 3.41. The molecule has 1 amide bonds. The van der Waals surface area contributed by atoms with Gasteiger partial charge in [0.15, 0.2) is 0 Å². The molecule has 124 valence electrons. The molecule has 1 N–H and O–H groups in total. The molecule has 0 aromatic heterocycles. The monoisotopic (exact) mass is 371 g/mol. The zero-order valence-corrected chi connectivity index (χ0v) is 15.2. The van der Waals surface area contributed by atoms with E-state index in [1.165, 1.54) is 0 Å². The van der Waals surface area contributed by atoms with Crippen LogP contribution in [-0.4, -0.2) is 30.1 Å². The minimum atomic E-state index is -0.782. The van der Waals surface area contributed by atoms with Gasteiger partial charge in [-0.2, -0.15) is 0 Å². The van der Waals surface area contributed by atoms with Crippen LogP contribution in [0.5, 0.6) is 5.75 Å². The molecule has 22 heavy (non-hydrogen) atoms. The fourth-order valence-corrected chi connectivity index (χ4v) is 2.30. The lowest BCUT2D eigenvalue weighted by Gasteiger charge is -2.28. The summed E-state index contributed by atoms with van der Waals surface area (Å²) in [6, 6.07) is 7.38. The Labute approximate surface area is 141 Å². The van der Waals surface area contributed by atoms with Crippen LogP contribution in [0.3, 0.4) is 0 Å². The van der Waals surface area contributed by atoms with E-state index in [2.05, 4.69) is 28.2 Å². The fourth-order valence-electron chi connectivity index (χ4n) is 2.14. The Morgan fingerprint density at radius 2 is 1.95 bits per heavy atom. The van der Waals surface area contributed by atoms with E-state index in [-0.39, 0.29) is 5.91 Å². The standard InChI is InChI=1S/C17H26BrNO3/c1-4-6-11-17(3,22-5-2)16(20)19-14-7-9-15(10-8-14)21-13-12-18/h7-10H,4-6,11-13H2,1-3H3,(H,19,20). The van der Waals surface area contributed by atoms with Crippen LogP contribution in [0.2, 0.25) is 0 Å². The molecule has 0 fully saturated rings. The van der Waals surface area contributed by atoms with E-state index < -0.39 is 5.60 Å². The topological polar surface area (TPSA) is 47.6 Å². The molecular weight excluding hydrogens is 346 g/mol. The lowest BCUT2D eigenvalue weighted by Crippen LogP contribution is -2.42. The molecule has 1 aromatic carbocycles. The molecule has 0 heterocycles. The highest BCUT2D eigenvalue weighted by Gasteiger charge is 2.33. The van der Waals surface area contributed by atoms with Crippen LogP contribution in [0, 0.1) is 0 Å². The molecule has 1 aromatic rings. The van der Waals surface area contributed by atoms with E-state index in [1.54, 1.807) is 0 Å². The average Bonchev–Trinajstić information content (AvgIpc) is 2.52. The van der Waals surface area contributed by atoms with E-state index in [1.807, 2.05) is 38.1 Å². The van der Waals surface area contributed by atoms with Crippen molar-refractivity contribution < 1.29 is 14.3 Å². The van der Waals surface area contributed by atoms with E-state index in [4.69, 9.17) is 9.47 Å². The molecule has 0 aliphatic carbocycles. The molecule has 1 atom stereocenters. The highest BCUT2D eigenvalue weighted by molar-refractivity contribution is 9.09. The zero-order valence-electron chi connectivity index (χ0n) is 13.7. The van der Waals surface area contributed by atoms with Crippen LogP contribution in [0.4, 0.5) is 5.69 Å². The Morgan fingerprint density at radius 1 is 1.27 bits per heavy atom. The number of carbonyl (C=O) groups excluding carboxylic acids is 1. The van der Waals surface area contributed by atoms with Crippen molar-refractivity contribution >= 4 is 27.5 Å². The number of hydrogen-bond donors (Lipinski definition) is 1. The van der Waals surface area contributed by atoms with Gasteiger partial charge in [0.25, 0.3) is 5.91 Å². The number of hydrogen-bond acceptors (Lipinski definition) is 3. The van der Waals surface area contributed by atoms with Crippen molar-refractivity contribution in [1.82, 2.24) is 0 Å². The molecule has 0 aliphatic rings. The van der Waals surface area contributed by atoms with Gasteiger partial charge in [0, 0.05) is 17.6 Å². The van der Waals surface area contributed by atoms with Crippen LogP contribution in [0.15, 0.2) is 24.3 Å². The van der Waals surface area contributed by atoms with Crippen molar-refractivity contribution in [2.45, 2.75) is 45.6 Å². The second-order valence-electron chi connectivity index (χ2n) is 5.28. The number of nitrogens with one attached hydrogen (secondary N) is 1. The van der Waals surface area contributed by atoms with Gasteiger partial charge in [0.05, 0.1) is 6.61 Å². The molecule has 0 saturated carbocycles. The molecule has 0 bridgehead atoms. The fraction of sp³-hybridized carbons (Fsp3) is 0.588. The lowest BCUT2D eigenvalue weighted by atomic mass is 9.97. The molecule has 5 heteroatoms. The Bertz CT molecular complexity index is 450. The van der Waals surface area contributed by atoms with Gasteiger partial charge in [-0.05, 0) is 44.5 Å². The zero-order chi connectivity index (χ0) is 16.4. The summed E-state index contributed by atoms with van der Waals surface area (Å²) in [5.41, 5.74) is -0.0331. The van der Waals surface area contributed by atoms with Gasteiger partial charge in [-0.3, -0.25) is 4.79 Å². The highest BCUT2D eigenvalue weighted by atomic mass is 79.9. The van der Waals surface area contributed by atoms with Crippen molar-refractivity contribution in [3.63, 3.8) is 0 Å². The summed E-state index contributed by atoms with van der Waals surface area (Å²) in [6.07, 6.45) is 2.72. The molecule has 4 nitrogen and oxygen atoms in total. The molecule has 0 spiro atoms. The quantitative estimate of drug-likeness (QED) is 0.620. The molecule has 1 rings (SSSR count). The van der Waals surface area contributed by atoms with Gasteiger partial charge in [0.2, 0.25) is 0 Å². The lowest BCUT2D eigenvalue weighted by molar-refractivity contribution is -0.139. The molecule has 0 saturated heterocycles. The summed E-state index contributed by atoms with van der Waals surface area (Å²) >= 11 is 3.32. The second kappa shape index (κ2) is 9.85. The third-order valence-corrected chi connectivity index (χ3v) is 3.73. The first-order chi connectivity index (χ1) is 10.6. The smallest absolute Gasteiger partial charge is 0.256 e. The predicted molar refractivity (Wildman–Crippen MR) is 93.9 cm³/mol. The van der Waals surface area contributed by atoms with Gasteiger partial charge in [-0.25, -0.2) is 0 Å². The minimum absolute atomic E-state index is 0.100. The Balaban J connectivity index is 2.68. The summed E-state index contributed by atoms with van der Waals surface area (Å²) in [6.45, 7) is 7.01. The van der Waals surface area contributed by atoms with E-state index in [0.717, 1.165) is 36.0 Å².